The molecule has 1 N–H and O–H groups in total. The van der Waals surface area contributed by atoms with Crippen LogP contribution in [0.3, 0.4) is 0 Å². The van der Waals surface area contributed by atoms with Gasteiger partial charge in [0.15, 0.2) is 0 Å². The Kier molecular flexibility index (Phi) is 4.91. The number of hydrogen-bond acceptors (Lipinski definition) is 4. The van der Waals surface area contributed by atoms with Gasteiger partial charge in [-0.3, -0.25) is 4.68 Å². The number of amides is 1. The quantitative estimate of drug-likeness (QED) is 0.897. The van der Waals surface area contributed by atoms with E-state index < -0.39 is 0 Å². The number of aromatic nitrogens is 2. The summed E-state index contributed by atoms with van der Waals surface area (Å²) in [7, 11) is 0. The Bertz CT molecular complexity index is 778. The fourth-order valence-corrected chi connectivity index (χ4v) is 4.16. The molecule has 1 atom stereocenters. The SMILES string of the molecule is CC(C)n1cc(C2NCC23CCN(C(=O)OCc2ccccc2)CC3)cn1. The van der Waals surface area contributed by atoms with Crippen molar-refractivity contribution in [2.75, 3.05) is 19.6 Å². The van der Waals surface area contributed by atoms with Gasteiger partial charge in [0.25, 0.3) is 0 Å². The van der Waals surface area contributed by atoms with Crippen molar-refractivity contribution in [1.29, 1.82) is 0 Å². The second-order valence-electron chi connectivity index (χ2n) is 8.05. The van der Waals surface area contributed by atoms with Crippen LogP contribution in [0, 0.1) is 5.41 Å². The van der Waals surface area contributed by atoms with Crippen LogP contribution in [0.15, 0.2) is 42.7 Å². The summed E-state index contributed by atoms with van der Waals surface area (Å²) < 4.78 is 7.50. The molecule has 144 valence electrons. The predicted molar refractivity (Wildman–Crippen MR) is 103 cm³/mol. The number of ether oxygens (including phenoxy) is 1. The number of rotatable bonds is 4. The Morgan fingerprint density at radius 3 is 2.63 bits per heavy atom. The third-order valence-corrected chi connectivity index (χ3v) is 5.98. The lowest BCUT2D eigenvalue weighted by Crippen LogP contribution is -2.60. The average Bonchev–Trinajstić information content (AvgIpc) is 3.16. The number of likely N-dealkylation sites (tertiary alicyclic amines) is 1. The van der Waals surface area contributed by atoms with Crippen LogP contribution < -0.4 is 5.32 Å². The van der Waals surface area contributed by atoms with E-state index in [1.54, 1.807) is 0 Å². The number of carbonyl (C=O) groups is 1. The van der Waals surface area contributed by atoms with Crippen LogP contribution in [0.5, 0.6) is 0 Å². The second kappa shape index (κ2) is 7.35. The zero-order valence-corrected chi connectivity index (χ0v) is 16.1. The Hall–Kier alpha value is -2.34. The summed E-state index contributed by atoms with van der Waals surface area (Å²) in [6.07, 6.45) is 5.93. The Morgan fingerprint density at radius 2 is 2.04 bits per heavy atom. The maximum Gasteiger partial charge on any atom is 0.410 e. The first kappa shape index (κ1) is 18.0. The molecule has 0 bridgehead atoms. The average molecular weight is 368 g/mol. The standard InChI is InChI=1S/C21H28N4O2/c1-16(2)25-13-18(12-23-25)19-21(15-22-19)8-10-24(11-9-21)20(26)27-14-17-6-4-3-5-7-17/h3-7,12-13,16,19,22H,8-11,14-15H2,1-2H3. The van der Waals surface area contributed by atoms with Crippen molar-refractivity contribution in [1.82, 2.24) is 20.0 Å². The normalized spacial score (nSPS) is 21.3. The Labute approximate surface area is 160 Å². The van der Waals surface area contributed by atoms with Gasteiger partial charge >= 0.3 is 6.09 Å². The zero-order valence-electron chi connectivity index (χ0n) is 16.1. The highest BCUT2D eigenvalue weighted by Gasteiger charge is 2.49. The number of carbonyl (C=O) groups excluding carboxylic acids is 1. The van der Waals surface area contributed by atoms with Crippen LogP contribution in [-0.2, 0) is 11.3 Å². The monoisotopic (exact) mass is 368 g/mol. The molecule has 27 heavy (non-hydrogen) atoms. The smallest absolute Gasteiger partial charge is 0.410 e. The highest BCUT2D eigenvalue weighted by atomic mass is 16.6. The molecule has 3 heterocycles. The van der Waals surface area contributed by atoms with Crippen LogP contribution in [0.25, 0.3) is 0 Å². The molecule has 0 aliphatic carbocycles. The lowest BCUT2D eigenvalue weighted by atomic mass is 9.65. The number of nitrogens with one attached hydrogen (secondary N) is 1. The molecule has 1 spiro atoms. The largest absolute Gasteiger partial charge is 0.445 e. The van der Waals surface area contributed by atoms with Gasteiger partial charge in [0.2, 0.25) is 0 Å². The molecular formula is C21H28N4O2. The van der Waals surface area contributed by atoms with E-state index in [1.807, 2.05) is 46.1 Å². The molecular weight excluding hydrogens is 340 g/mol. The molecule has 2 aliphatic heterocycles. The van der Waals surface area contributed by atoms with Gasteiger partial charge in [-0.15, -0.1) is 0 Å². The molecule has 2 saturated heterocycles. The van der Waals surface area contributed by atoms with Crippen molar-refractivity contribution in [2.45, 2.75) is 45.4 Å². The highest BCUT2D eigenvalue weighted by Crippen LogP contribution is 2.48. The third kappa shape index (κ3) is 3.58. The van der Waals surface area contributed by atoms with E-state index >= 15 is 0 Å². The van der Waals surface area contributed by atoms with E-state index in [4.69, 9.17) is 4.74 Å². The van der Waals surface area contributed by atoms with Crippen molar-refractivity contribution >= 4 is 6.09 Å². The number of hydrogen-bond donors (Lipinski definition) is 1. The minimum atomic E-state index is -0.204. The van der Waals surface area contributed by atoms with Crippen molar-refractivity contribution in [2.24, 2.45) is 5.41 Å². The summed E-state index contributed by atoms with van der Waals surface area (Å²) in [5.41, 5.74) is 2.51. The first-order chi connectivity index (χ1) is 13.1. The highest BCUT2D eigenvalue weighted by molar-refractivity contribution is 5.67. The van der Waals surface area contributed by atoms with Gasteiger partial charge in [0, 0.05) is 48.9 Å². The maximum atomic E-state index is 12.4. The van der Waals surface area contributed by atoms with E-state index in [2.05, 4.69) is 30.5 Å². The van der Waals surface area contributed by atoms with Gasteiger partial charge in [-0.25, -0.2) is 4.79 Å². The fraction of sp³-hybridized carbons (Fsp3) is 0.524. The van der Waals surface area contributed by atoms with Crippen LogP contribution in [0.2, 0.25) is 0 Å². The third-order valence-electron chi connectivity index (χ3n) is 5.98. The first-order valence-electron chi connectivity index (χ1n) is 9.80. The summed E-state index contributed by atoms with van der Waals surface area (Å²) in [5, 5.41) is 8.06. The van der Waals surface area contributed by atoms with Crippen LogP contribution in [0.1, 0.15) is 49.9 Å². The van der Waals surface area contributed by atoms with Crippen molar-refractivity contribution in [3.8, 4) is 0 Å². The lowest BCUT2D eigenvalue weighted by molar-refractivity contribution is 0.0000375. The van der Waals surface area contributed by atoms with Gasteiger partial charge in [-0.05, 0) is 32.3 Å². The second-order valence-corrected chi connectivity index (χ2v) is 8.05. The van der Waals surface area contributed by atoms with Gasteiger partial charge in [-0.2, -0.15) is 5.10 Å². The Morgan fingerprint density at radius 1 is 1.30 bits per heavy atom. The van der Waals surface area contributed by atoms with E-state index in [1.165, 1.54) is 5.56 Å². The molecule has 4 rings (SSSR count). The molecule has 6 heteroatoms. The topological polar surface area (TPSA) is 59.4 Å². The molecule has 1 unspecified atom stereocenters. The molecule has 0 radical (unpaired) electrons. The summed E-state index contributed by atoms with van der Waals surface area (Å²) in [4.78, 5) is 14.2. The van der Waals surface area contributed by atoms with Gasteiger partial charge < -0.3 is 15.0 Å². The number of nitrogens with zero attached hydrogens (tertiary/aromatic N) is 3. The summed E-state index contributed by atoms with van der Waals surface area (Å²) in [5.74, 6) is 0. The zero-order chi connectivity index (χ0) is 18.9. The molecule has 6 nitrogen and oxygen atoms in total. The Balaban J connectivity index is 1.32. The van der Waals surface area contributed by atoms with Crippen LogP contribution in [0.4, 0.5) is 4.79 Å². The van der Waals surface area contributed by atoms with Gasteiger partial charge in [-0.1, -0.05) is 30.3 Å². The molecule has 0 saturated carbocycles. The van der Waals surface area contributed by atoms with Crippen LogP contribution >= 0.6 is 0 Å². The minimum Gasteiger partial charge on any atom is -0.445 e. The number of piperidine rings is 1. The van der Waals surface area contributed by atoms with E-state index in [0.717, 1.165) is 38.0 Å². The summed E-state index contributed by atoms with van der Waals surface area (Å²) in [6, 6.07) is 10.5. The molecule has 1 amide bonds. The van der Waals surface area contributed by atoms with Crippen molar-refractivity contribution < 1.29 is 9.53 Å². The molecule has 2 fully saturated rings. The summed E-state index contributed by atoms with van der Waals surface area (Å²) >= 11 is 0. The summed E-state index contributed by atoms with van der Waals surface area (Å²) in [6.45, 7) is 7.13. The number of benzene rings is 1. The van der Waals surface area contributed by atoms with E-state index in [0.29, 0.717) is 18.7 Å². The van der Waals surface area contributed by atoms with Crippen LogP contribution in [-0.4, -0.2) is 40.4 Å². The van der Waals surface area contributed by atoms with Gasteiger partial charge in [0.05, 0.1) is 6.20 Å². The van der Waals surface area contributed by atoms with Crippen molar-refractivity contribution in [3.63, 3.8) is 0 Å². The lowest BCUT2D eigenvalue weighted by Gasteiger charge is -2.54. The predicted octanol–water partition coefficient (Wildman–Crippen LogP) is 3.53. The van der Waals surface area contributed by atoms with Gasteiger partial charge in [0.1, 0.15) is 6.61 Å². The molecule has 1 aromatic heterocycles. The van der Waals surface area contributed by atoms with E-state index in [-0.39, 0.29) is 11.5 Å². The van der Waals surface area contributed by atoms with Crippen molar-refractivity contribution in [3.05, 3.63) is 53.9 Å². The minimum absolute atomic E-state index is 0.204. The molecule has 1 aromatic carbocycles. The fourth-order valence-electron chi connectivity index (χ4n) is 4.16. The molecule has 2 aromatic rings. The van der Waals surface area contributed by atoms with E-state index in [9.17, 15) is 4.79 Å². The molecule has 2 aliphatic rings. The first-order valence-corrected chi connectivity index (χ1v) is 9.80. The maximum absolute atomic E-state index is 12.4.